The van der Waals surface area contributed by atoms with Crippen molar-refractivity contribution < 1.29 is 25.9 Å². The summed E-state index contributed by atoms with van der Waals surface area (Å²) in [7, 11) is -9.00. The Balaban J connectivity index is 0.000000320. The van der Waals surface area contributed by atoms with E-state index >= 15 is 0 Å². The Morgan fingerprint density at radius 2 is 0.830 bits per heavy atom. The summed E-state index contributed by atoms with van der Waals surface area (Å²) in [6.45, 7) is 4.42. The van der Waals surface area contributed by atoms with Gasteiger partial charge in [-0.05, 0) is 49.9 Å². The van der Waals surface area contributed by atoms with Gasteiger partial charge >= 0.3 is 37.7 Å². The van der Waals surface area contributed by atoms with Crippen LogP contribution in [0.3, 0.4) is 0 Å². The van der Waals surface area contributed by atoms with Crippen molar-refractivity contribution in [1.82, 2.24) is 0 Å². The molecule has 2 unspecified atom stereocenters. The number of anilines is 4. The van der Waals surface area contributed by atoms with Crippen LogP contribution in [0.15, 0.2) is 48.5 Å². The van der Waals surface area contributed by atoms with Gasteiger partial charge in [-0.1, -0.05) is 128 Å². The molecule has 2 aromatic rings. The minimum absolute atomic E-state index is 0. The van der Waals surface area contributed by atoms with Gasteiger partial charge in [0.1, 0.15) is 12.3 Å². The predicted molar refractivity (Wildman–Crippen MR) is 192 cm³/mol. The third-order valence-corrected chi connectivity index (χ3v) is 10.5. The minimum Gasteiger partial charge on any atom is -0.731 e. The van der Waals surface area contributed by atoms with Crippen molar-refractivity contribution in [2.45, 2.75) is 142 Å². The zero-order valence-corrected chi connectivity index (χ0v) is 32.2. The maximum absolute atomic E-state index is 11.6. The number of nitrogens with zero attached hydrogens (tertiary/aromatic N) is 2. The first-order valence-electron chi connectivity index (χ1n) is 17.3. The molecule has 0 saturated carbocycles. The second-order valence-electron chi connectivity index (χ2n) is 12.4. The van der Waals surface area contributed by atoms with Crippen molar-refractivity contribution in [2.75, 3.05) is 19.2 Å². The van der Waals surface area contributed by atoms with Crippen LogP contribution in [0.25, 0.3) is 0 Å². The summed E-state index contributed by atoms with van der Waals surface area (Å²) in [6, 6.07) is 14.1. The Morgan fingerprint density at radius 1 is 0.532 bits per heavy atom. The molecule has 0 aliphatic carbocycles. The third kappa shape index (κ3) is 13.9. The first-order valence-corrected chi connectivity index (χ1v) is 20.0. The maximum Gasteiger partial charge on any atom is 2.00 e. The number of nitrogens with one attached hydrogen (secondary N) is 2. The standard InChI is InChI=1S/2C17H28N2O3S.Ca/c2*1-2-3-4-5-6-7-8-9-14-17-18-15-12-10-11-13-16(15)19(17)23(20,21)22;/h2*10-13,17-18H,2-9,14H2,1H3,(H,20,21,22);/q;;+2/p-2. The van der Waals surface area contributed by atoms with E-state index in [0.717, 1.165) is 45.7 Å². The van der Waals surface area contributed by atoms with Crippen molar-refractivity contribution in [1.29, 1.82) is 0 Å². The van der Waals surface area contributed by atoms with Crippen molar-refractivity contribution in [3.63, 3.8) is 0 Å². The number of hydrogen-bond donors (Lipinski definition) is 2. The molecule has 2 heterocycles. The van der Waals surface area contributed by atoms with Crippen LogP contribution in [0.2, 0.25) is 0 Å². The molecule has 2 aliphatic rings. The SMILES string of the molecule is CCCCCCCCCCC1Nc2ccccc2N1S(=O)(=O)[O-].CCCCCCCCCCC1Nc2ccccc2N1S(=O)(=O)[O-].[Ca+2]. The molecule has 0 radical (unpaired) electrons. The summed E-state index contributed by atoms with van der Waals surface area (Å²) in [4.78, 5) is 0. The molecule has 2 N–H and O–H groups in total. The fourth-order valence-corrected chi connectivity index (χ4v) is 8.00. The summed E-state index contributed by atoms with van der Waals surface area (Å²) in [6.07, 6.45) is 19.5. The molecular weight excluding hydrogens is 665 g/mol. The molecule has 13 heteroatoms. The Morgan fingerprint density at radius 3 is 1.15 bits per heavy atom. The van der Waals surface area contributed by atoms with Gasteiger partial charge in [-0.15, -0.1) is 0 Å². The van der Waals surface area contributed by atoms with Crippen molar-refractivity contribution in [2.24, 2.45) is 0 Å². The quantitative estimate of drug-likeness (QED) is 0.0794. The van der Waals surface area contributed by atoms with Crippen molar-refractivity contribution in [3.8, 4) is 0 Å². The van der Waals surface area contributed by atoms with Gasteiger partial charge in [-0.2, -0.15) is 0 Å². The van der Waals surface area contributed by atoms with Crippen LogP contribution in [-0.4, -0.2) is 76.0 Å². The van der Waals surface area contributed by atoms with Gasteiger partial charge in [0.2, 0.25) is 0 Å². The smallest absolute Gasteiger partial charge is 0.731 e. The molecule has 0 amide bonds. The molecule has 0 aromatic heterocycles. The Kier molecular flexibility index (Phi) is 19.4. The molecule has 0 bridgehead atoms. The Hall–Kier alpha value is -1.28. The first kappa shape index (κ1) is 41.9. The first-order chi connectivity index (χ1) is 22.1. The van der Waals surface area contributed by atoms with E-state index in [-0.39, 0.29) is 37.7 Å². The number of para-hydroxylation sites is 4. The fourth-order valence-electron chi connectivity index (χ4n) is 6.26. The van der Waals surface area contributed by atoms with Crippen LogP contribution in [0.5, 0.6) is 0 Å². The van der Waals surface area contributed by atoms with E-state index in [9.17, 15) is 25.9 Å². The molecule has 260 valence electrons. The zero-order valence-electron chi connectivity index (χ0n) is 28.4. The summed E-state index contributed by atoms with van der Waals surface area (Å²) in [5, 5.41) is 6.31. The predicted octanol–water partition coefficient (Wildman–Crippen LogP) is 8.09. The van der Waals surface area contributed by atoms with E-state index < -0.39 is 32.9 Å². The van der Waals surface area contributed by atoms with Gasteiger partial charge in [0, 0.05) is 0 Å². The van der Waals surface area contributed by atoms with Crippen LogP contribution in [0.4, 0.5) is 22.7 Å². The van der Waals surface area contributed by atoms with E-state index in [4.69, 9.17) is 0 Å². The van der Waals surface area contributed by atoms with Gasteiger partial charge in [0.25, 0.3) is 0 Å². The van der Waals surface area contributed by atoms with Crippen molar-refractivity contribution in [3.05, 3.63) is 48.5 Å². The van der Waals surface area contributed by atoms with E-state index in [1.54, 1.807) is 36.4 Å². The second kappa shape index (κ2) is 21.7. The monoisotopic (exact) mass is 718 g/mol. The molecule has 2 aliphatic heterocycles. The number of unbranched alkanes of at least 4 members (excludes halogenated alkanes) is 14. The van der Waals surface area contributed by atoms with Gasteiger partial charge in [-0.25, -0.2) is 16.8 Å². The van der Waals surface area contributed by atoms with Gasteiger partial charge < -0.3 is 19.7 Å². The molecule has 2 aromatic carbocycles. The average Bonchev–Trinajstić information content (AvgIpc) is 3.58. The summed E-state index contributed by atoms with van der Waals surface area (Å²) in [5.41, 5.74) is 2.37. The molecule has 0 spiro atoms. The molecule has 2 atom stereocenters. The number of hydrogen-bond acceptors (Lipinski definition) is 8. The fraction of sp³-hybridized carbons (Fsp3) is 0.647. The van der Waals surface area contributed by atoms with E-state index in [1.165, 1.54) is 77.0 Å². The van der Waals surface area contributed by atoms with Crippen LogP contribution in [0.1, 0.15) is 129 Å². The van der Waals surface area contributed by atoms with E-state index in [0.29, 0.717) is 24.2 Å². The normalized spacial score (nSPS) is 16.8. The van der Waals surface area contributed by atoms with Crippen LogP contribution >= 0.6 is 0 Å². The van der Waals surface area contributed by atoms with Gasteiger partial charge in [-0.3, -0.25) is 8.61 Å². The second-order valence-corrected chi connectivity index (χ2v) is 14.9. The molecule has 0 saturated heterocycles. The topological polar surface area (TPSA) is 145 Å². The molecule has 4 rings (SSSR count). The Bertz CT molecular complexity index is 1290. The van der Waals surface area contributed by atoms with Crippen LogP contribution in [0, 0.1) is 0 Å². The number of rotatable bonds is 20. The third-order valence-electron chi connectivity index (χ3n) is 8.64. The number of fused-ring (bicyclic) bond motifs is 2. The van der Waals surface area contributed by atoms with Gasteiger partial charge in [0.15, 0.2) is 20.6 Å². The van der Waals surface area contributed by atoms with Crippen molar-refractivity contribution >= 4 is 81.1 Å². The molecular formula is C34H54CaN4O6S2. The minimum atomic E-state index is -4.50. The molecule has 47 heavy (non-hydrogen) atoms. The van der Waals surface area contributed by atoms with Gasteiger partial charge in [0.05, 0.1) is 22.7 Å². The van der Waals surface area contributed by atoms with Crippen LogP contribution in [-0.2, 0) is 20.6 Å². The summed E-state index contributed by atoms with van der Waals surface area (Å²) < 4.78 is 71.4. The molecule has 10 nitrogen and oxygen atoms in total. The van der Waals surface area contributed by atoms with E-state index in [1.807, 2.05) is 12.1 Å². The van der Waals surface area contributed by atoms with Crippen LogP contribution < -0.4 is 19.2 Å². The molecule has 0 fully saturated rings. The Labute approximate surface area is 314 Å². The van der Waals surface area contributed by atoms with E-state index in [2.05, 4.69) is 24.5 Å². The maximum atomic E-state index is 11.6. The largest absolute Gasteiger partial charge is 2.00 e. The summed E-state index contributed by atoms with van der Waals surface area (Å²) in [5.74, 6) is 0. The summed E-state index contributed by atoms with van der Waals surface area (Å²) >= 11 is 0. The zero-order chi connectivity index (χ0) is 33.4. The average molecular weight is 719 g/mol. The number of benzene rings is 2.